The Balaban J connectivity index is 1.91. The van der Waals surface area contributed by atoms with E-state index in [1.165, 1.54) is 0 Å². The van der Waals surface area contributed by atoms with E-state index in [1.54, 1.807) is 0 Å². The van der Waals surface area contributed by atoms with Crippen molar-refractivity contribution < 1.29 is 0 Å². The third-order valence-corrected chi connectivity index (χ3v) is 4.17. The normalized spacial score (nSPS) is 12.7. The molecule has 3 aromatic carbocycles. The molecule has 0 saturated carbocycles. The molecule has 0 aliphatic carbocycles. The van der Waals surface area contributed by atoms with Gasteiger partial charge in [-0.1, -0.05) is 54.6 Å². The maximum Gasteiger partial charge on any atom is 0.206 e. The van der Waals surface area contributed by atoms with Crippen LogP contribution < -0.4 is 0 Å². The molecule has 0 unspecified atom stereocenters. The summed E-state index contributed by atoms with van der Waals surface area (Å²) in [5.74, 6) is 0. The van der Waals surface area contributed by atoms with Gasteiger partial charge in [0.2, 0.25) is 6.17 Å². The van der Waals surface area contributed by atoms with Crippen LogP contribution in [0.4, 0.5) is 11.4 Å². The molecule has 25 heavy (non-hydrogen) atoms. The predicted octanol–water partition coefficient (Wildman–Crippen LogP) is 6.83. The van der Waals surface area contributed by atoms with E-state index in [9.17, 15) is 0 Å². The Morgan fingerprint density at radius 3 is 1.48 bits per heavy atom. The van der Waals surface area contributed by atoms with Crippen molar-refractivity contribution in [2.45, 2.75) is 16.0 Å². The van der Waals surface area contributed by atoms with Gasteiger partial charge in [-0.15, -0.1) is 25.3 Å². The highest BCUT2D eigenvalue weighted by Crippen LogP contribution is 2.29. The number of hydrogen-bond donors (Lipinski definition) is 2. The molecule has 0 spiro atoms. The fourth-order valence-corrected chi connectivity index (χ4v) is 2.52. The first-order valence-corrected chi connectivity index (χ1v) is 8.56. The van der Waals surface area contributed by atoms with E-state index in [0.29, 0.717) is 11.4 Å². The van der Waals surface area contributed by atoms with Gasteiger partial charge < -0.3 is 0 Å². The van der Waals surface area contributed by atoms with Crippen molar-refractivity contribution in [3.05, 3.63) is 84.4 Å². The van der Waals surface area contributed by atoms with Gasteiger partial charge in [-0.05, 0) is 24.3 Å². The van der Waals surface area contributed by atoms with Crippen LogP contribution in [0.5, 0.6) is 0 Å². The third kappa shape index (κ3) is 4.78. The number of nitrogens with zero attached hydrogens (tertiary/aromatic N) is 4. The van der Waals surface area contributed by atoms with E-state index < -0.39 is 6.17 Å². The minimum Gasteiger partial charge on any atom is -0.154 e. The average Bonchev–Trinajstić information content (AvgIpc) is 2.65. The Morgan fingerprint density at radius 2 is 1.00 bits per heavy atom. The first kappa shape index (κ1) is 17.4. The highest BCUT2D eigenvalue weighted by atomic mass is 32.1. The summed E-state index contributed by atoms with van der Waals surface area (Å²) < 4.78 is 0. The molecule has 0 bridgehead atoms. The molecule has 4 nitrogen and oxygen atoms in total. The van der Waals surface area contributed by atoms with Gasteiger partial charge >= 0.3 is 0 Å². The summed E-state index contributed by atoms with van der Waals surface area (Å²) in [7, 11) is 0. The average molecular weight is 364 g/mol. The van der Waals surface area contributed by atoms with Crippen LogP contribution in [0.25, 0.3) is 0 Å². The number of rotatable bonds is 5. The second kappa shape index (κ2) is 8.60. The van der Waals surface area contributed by atoms with E-state index in [-0.39, 0.29) is 0 Å². The smallest absolute Gasteiger partial charge is 0.154 e. The van der Waals surface area contributed by atoms with Crippen LogP contribution in [-0.4, -0.2) is 0 Å². The third-order valence-electron chi connectivity index (χ3n) is 3.41. The van der Waals surface area contributed by atoms with Gasteiger partial charge in [-0.2, -0.15) is 20.5 Å². The van der Waals surface area contributed by atoms with Gasteiger partial charge in [-0.3, -0.25) is 0 Å². The van der Waals surface area contributed by atoms with Crippen LogP contribution in [0.3, 0.4) is 0 Å². The van der Waals surface area contributed by atoms with Crippen LogP contribution in [0.15, 0.2) is 109 Å². The van der Waals surface area contributed by atoms with Gasteiger partial charge in [0.15, 0.2) is 0 Å². The summed E-state index contributed by atoms with van der Waals surface area (Å²) in [6.07, 6.45) is -0.540. The van der Waals surface area contributed by atoms with Crippen molar-refractivity contribution in [1.82, 2.24) is 0 Å². The van der Waals surface area contributed by atoms with Gasteiger partial charge in [0, 0.05) is 15.4 Å². The standard InChI is InChI=1S/C19H16N4S2/c24-17-12-6-4-10-15(17)20-22-19(14-8-2-1-3-9-14)23-21-16-11-5-7-13-18(16)25/h1-13,19,24-25H. The highest BCUT2D eigenvalue weighted by molar-refractivity contribution is 7.80. The number of azo groups is 2. The Bertz CT molecular complexity index is 839. The molecule has 3 aromatic rings. The van der Waals surface area contributed by atoms with Gasteiger partial charge in [0.1, 0.15) is 0 Å². The van der Waals surface area contributed by atoms with E-state index in [2.05, 4.69) is 45.7 Å². The van der Waals surface area contributed by atoms with Crippen LogP contribution in [0.1, 0.15) is 11.7 Å². The molecule has 6 heteroatoms. The van der Waals surface area contributed by atoms with Gasteiger partial charge in [0.05, 0.1) is 11.4 Å². The highest BCUT2D eigenvalue weighted by Gasteiger charge is 2.09. The zero-order chi connectivity index (χ0) is 17.5. The van der Waals surface area contributed by atoms with E-state index in [0.717, 1.165) is 15.4 Å². The maximum absolute atomic E-state index is 4.39. The molecule has 0 N–H and O–H groups in total. The molecular formula is C19H16N4S2. The van der Waals surface area contributed by atoms with E-state index in [1.807, 2.05) is 78.9 Å². The fourth-order valence-electron chi connectivity index (χ4n) is 2.11. The zero-order valence-electron chi connectivity index (χ0n) is 13.3. The molecule has 124 valence electrons. The first-order valence-electron chi connectivity index (χ1n) is 7.66. The number of hydrogen-bond acceptors (Lipinski definition) is 6. The Morgan fingerprint density at radius 1 is 0.560 bits per heavy atom. The monoisotopic (exact) mass is 364 g/mol. The summed E-state index contributed by atoms with van der Waals surface area (Å²) in [6, 6.07) is 24.8. The van der Waals surface area contributed by atoms with Crippen LogP contribution >= 0.6 is 25.3 Å². The largest absolute Gasteiger partial charge is 0.206 e. The predicted molar refractivity (Wildman–Crippen MR) is 106 cm³/mol. The van der Waals surface area contributed by atoms with Crippen LogP contribution in [0.2, 0.25) is 0 Å². The first-order chi connectivity index (χ1) is 12.2. The molecule has 0 amide bonds. The number of benzene rings is 3. The summed E-state index contributed by atoms with van der Waals surface area (Å²) in [6.45, 7) is 0. The van der Waals surface area contributed by atoms with Crippen LogP contribution in [0, 0.1) is 0 Å². The van der Waals surface area contributed by atoms with Crippen molar-refractivity contribution in [3.63, 3.8) is 0 Å². The topological polar surface area (TPSA) is 49.4 Å². The lowest BCUT2D eigenvalue weighted by molar-refractivity contribution is 0.687. The minimum atomic E-state index is -0.540. The SMILES string of the molecule is Sc1ccccc1N=NC(N=Nc1ccccc1S)c1ccccc1. The second-order valence-electron chi connectivity index (χ2n) is 5.19. The lowest BCUT2D eigenvalue weighted by atomic mass is 10.2. The van der Waals surface area contributed by atoms with E-state index >= 15 is 0 Å². The summed E-state index contributed by atoms with van der Waals surface area (Å²) >= 11 is 8.79. The minimum absolute atomic E-state index is 0.540. The van der Waals surface area contributed by atoms with Gasteiger partial charge in [0.25, 0.3) is 0 Å². The molecule has 0 aliphatic heterocycles. The maximum atomic E-state index is 4.39. The molecule has 0 saturated heterocycles. The summed E-state index contributed by atoms with van der Waals surface area (Å²) in [5.41, 5.74) is 2.29. The zero-order valence-corrected chi connectivity index (χ0v) is 15.1. The molecule has 0 fully saturated rings. The summed E-state index contributed by atoms with van der Waals surface area (Å²) in [5, 5.41) is 17.3. The molecule has 0 radical (unpaired) electrons. The molecular weight excluding hydrogens is 348 g/mol. The van der Waals surface area contributed by atoms with Crippen molar-refractivity contribution in [2.75, 3.05) is 0 Å². The quantitative estimate of drug-likeness (QED) is 0.368. The Kier molecular flexibility index (Phi) is 5.98. The molecule has 0 aliphatic rings. The Hall–Kier alpha value is -2.44. The molecule has 0 heterocycles. The van der Waals surface area contributed by atoms with Crippen molar-refractivity contribution >= 4 is 36.6 Å². The van der Waals surface area contributed by atoms with Crippen molar-refractivity contribution in [1.29, 1.82) is 0 Å². The molecule has 3 rings (SSSR count). The lowest BCUT2D eigenvalue weighted by Crippen LogP contribution is -1.89. The van der Waals surface area contributed by atoms with Crippen molar-refractivity contribution in [3.8, 4) is 0 Å². The van der Waals surface area contributed by atoms with Gasteiger partial charge in [-0.25, -0.2) is 0 Å². The summed E-state index contributed by atoms with van der Waals surface area (Å²) in [4.78, 5) is 1.52. The van der Waals surface area contributed by atoms with Crippen molar-refractivity contribution in [2.24, 2.45) is 20.5 Å². The number of thiol groups is 2. The second-order valence-corrected chi connectivity index (χ2v) is 6.16. The molecule has 0 aromatic heterocycles. The lowest BCUT2D eigenvalue weighted by Gasteiger charge is -2.06. The Labute approximate surface area is 157 Å². The van der Waals surface area contributed by atoms with Crippen LogP contribution in [-0.2, 0) is 0 Å². The van der Waals surface area contributed by atoms with E-state index in [4.69, 9.17) is 0 Å². The molecule has 0 atom stereocenters. The fraction of sp³-hybridized carbons (Fsp3) is 0.0526.